The second kappa shape index (κ2) is 9.65. The molecule has 0 aliphatic carbocycles. The van der Waals surface area contributed by atoms with Gasteiger partial charge in [0.1, 0.15) is 18.2 Å². The second-order valence-electron chi connectivity index (χ2n) is 6.59. The van der Waals surface area contributed by atoms with E-state index in [1.54, 1.807) is 34.6 Å². The van der Waals surface area contributed by atoms with E-state index in [-0.39, 0.29) is 18.2 Å². The first-order valence-corrected chi connectivity index (χ1v) is 7.71. The van der Waals surface area contributed by atoms with Crippen LogP contribution in [0.2, 0.25) is 0 Å². The molecule has 0 rings (SSSR count). The van der Waals surface area contributed by atoms with Crippen LogP contribution in [-0.4, -0.2) is 49.2 Å². The predicted molar refractivity (Wildman–Crippen MR) is 90.3 cm³/mol. The van der Waals surface area contributed by atoms with Crippen molar-refractivity contribution in [2.75, 3.05) is 13.7 Å². The predicted octanol–water partition coefficient (Wildman–Crippen LogP) is 0.455. The van der Waals surface area contributed by atoms with Gasteiger partial charge in [-0.05, 0) is 26.7 Å². The van der Waals surface area contributed by atoms with Crippen molar-refractivity contribution in [1.82, 2.24) is 16.0 Å². The van der Waals surface area contributed by atoms with Gasteiger partial charge in [0.2, 0.25) is 5.91 Å². The van der Waals surface area contributed by atoms with Crippen molar-refractivity contribution in [2.45, 2.75) is 46.3 Å². The molecule has 0 saturated carbocycles. The van der Waals surface area contributed by atoms with Crippen LogP contribution in [0.15, 0.2) is 12.3 Å². The van der Waals surface area contributed by atoms with Gasteiger partial charge in [-0.2, -0.15) is 0 Å². The fraction of sp³-hybridized carbons (Fsp3) is 0.625. The molecule has 1 atom stereocenters. The van der Waals surface area contributed by atoms with E-state index in [2.05, 4.69) is 27.3 Å². The Morgan fingerprint density at radius 2 is 1.68 bits per heavy atom. The van der Waals surface area contributed by atoms with Gasteiger partial charge in [-0.25, -0.2) is 4.79 Å². The number of ether oxygens (including phenoxy) is 2. The van der Waals surface area contributed by atoms with Crippen molar-refractivity contribution < 1.29 is 28.7 Å². The number of alkyl carbamates (subject to hydrolysis) is 1. The van der Waals surface area contributed by atoms with Crippen molar-refractivity contribution in [3.05, 3.63) is 12.3 Å². The van der Waals surface area contributed by atoms with Gasteiger partial charge in [-0.1, -0.05) is 20.4 Å². The summed E-state index contributed by atoms with van der Waals surface area (Å²) in [6, 6.07) is -0.931. The van der Waals surface area contributed by atoms with Crippen LogP contribution in [0.25, 0.3) is 0 Å². The highest BCUT2D eigenvalue weighted by molar-refractivity contribution is 5.99. The van der Waals surface area contributed by atoms with Crippen molar-refractivity contribution in [2.24, 2.45) is 5.92 Å². The van der Waals surface area contributed by atoms with Gasteiger partial charge in [-0.3, -0.25) is 14.4 Å². The normalized spacial score (nSPS) is 12.0. The fourth-order valence-electron chi connectivity index (χ4n) is 1.58. The average Bonchev–Trinajstić information content (AvgIpc) is 2.47. The molecule has 0 saturated heterocycles. The summed E-state index contributed by atoms with van der Waals surface area (Å²) in [5, 5.41) is 7.00. The molecule has 0 spiro atoms. The van der Waals surface area contributed by atoms with Crippen LogP contribution >= 0.6 is 0 Å². The summed E-state index contributed by atoms with van der Waals surface area (Å²) in [6.07, 6.45) is -0.748. The standard InChI is InChI=1S/C16H27N3O6/c1-9(2)12(19-15(23)25-16(4,5)6)14(22)18-10(3)13(21)17-8-11(20)24-7/h9,12H,3,8H2,1-2,4-7H3,(H,17,21)(H,18,22)(H,19,23). The summed E-state index contributed by atoms with van der Waals surface area (Å²) in [7, 11) is 1.18. The van der Waals surface area contributed by atoms with Crippen LogP contribution in [0.3, 0.4) is 0 Å². The minimum Gasteiger partial charge on any atom is -0.468 e. The number of esters is 1. The minimum absolute atomic E-state index is 0.259. The largest absolute Gasteiger partial charge is 0.468 e. The van der Waals surface area contributed by atoms with E-state index in [1.165, 1.54) is 7.11 Å². The lowest BCUT2D eigenvalue weighted by atomic mass is 10.0. The van der Waals surface area contributed by atoms with Crippen molar-refractivity contribution in [3.63, 3.8) is 0 Å². The Morgan fingerprint density at radius 3 is 2.12 bits per heavy atom. The maximum absolute atomic E-state index is 12.3. The summed E-state index contributed by atoms with van der Waals surface area (Å²) in [6.45, 7) is 11.6. The number of nitrogens with one attached hydrogen (secondary N) is 3. The van der Waals surface area contributed by atoms with Gasteiger partial charge in [-0.15, -0.1) is 0 Å². The molecule has 0 heterocycles. The van der Waals surface area contributed by atoms with Gasteiger partial charge in [0.05, 0.1) is 12.8 Å². The highest BCUT2D eigenvalue weighted by Gasteiger charge is 2.28. The molecule has 3 N–H and O–H groups in total. The maximum Gasteiger partial charge on any atom is 0.408 e. The molecule has 0 bridgehead atoms. The third-order valence-corrected chi connectivity index (χ3v) is 2.79. The van der Waals surface area contributed by atoms with Gasteiger partial charge in [0, 0.05) is 0 Å². The second-order valence-corrected chi connectivity index (χ2v) is 6.59. The Balaban J connectivity index is 4.73. The molecule has 9 nitrogen and oxygen atoms in total. The van der Waals surface area contributed by atoms with Gasteiger partial charge < -0.3 is 25.4 Å². The number of rotatable bonds is 7. The lowest BCUT2D eigenvalue weighted by Gasteiger charge is -2.25. The third kappa shape index (κ3) is 9.33. The van der Waals surface area contributed by atoms with Gasteiger partial charge >= 0.3 is 12.1 Å². The third-order valence-electron chi connectivity index (χ3n) is 2.79. The van der Waals surface area contributed by atoms with E-state index in [1.807, 2.05) is 0 Å². The summed E-state index contributed by atoms with van der Waals surface area (Å²) < 4.78 is 9.50. The zero-order valence-electron chi connectivity index (χ0n) is 15.5. The molecule has 142 valence electrons. The summed E-state index contributed by atoms with van der Waals surface area (Å²) in [4.78, 5) is 46.9. The number of methoxy groups -OCH3 is 1. The Morgan fingerprint density at radius 1 is 1.12 bits per heavy atom. The van der Waals surface area contributed by atoms with Crippen LogP contribution in [-0.2, 0) is 23.9 Å². The van der Waals surface area contributed by atoms with Crippen LogP contribution in [0.1, 0.15) is 34.6 Å². The Labute approximate surface area is 147 Å². The number of carbonyl (C=O) groups is 4. The molecular formula is C16H27N3O6. The topological polar surface area (TPSA) is 123 Å². The van der Waals surface area contributed by atoms with Crippen LogP contribution in [0.5, 0.6) is 0 Å². The SMILES string of the molecule is C=C(NC(=O)C(NC(=O)OC(C)(C)C)C(C)C)C(=O)NCC(=O)OC. The number of amides is 3. The molecule has 25 heavy (non-hydrogen) atoms. The minimum atomic E-state index is -0.931. The molecule has 3 amide bonds. The molecular weight excluding hydrogens is 330 g/mol. The van der Waals surface area contributed by atoms with Crippen molar-refractivity contribution in [3.8, 4) is 0 Å². The number of hydrogen-bond acceptors (Lipinski definition) is 6. The molecule has 0 aromatic rings. The Bertz CT molecular complexity index is 536. The lowest BCUT2D eigenvalue weighted by molar-refractivity contribution is -0.140. The molecule has 0 aliphatic heterocycles. The molecule has 0 aromatic heterocycles. The number of hydrogen-bond donors (Lipinski definition) is 3. The first-order valence-electron chi connectivity index (χ1n) is 7.71. The van der Waals surface area contributed by atoms with Gasteiger partial charge in [0.15, 0.2) is 0 Å². The first kappa shape index (κ1) is 22.4. The van der Waals surface area contributed by atoms with E-state index in [0.29, 0.717) is 0 Å². The first-order chi connectivity index (χ1) is 11.4. The van der Waals surface area contributed by atoms with Gasteiger partial charge in [0.25, 0.3) is 5.91 Å². The smallest absolute Gasteiger partial charge is 0.408 e. The van der Waals surface area contributed by atoms with E-state index in [4.69, 9.17) is 4.74 Å². The molecule has 9 heteroatoms. The van der Waals surface area contributed by atoms with E-state index < -0.39 is 35.5 Å². The number of carbonyl (C=O) groups excluding carboxylic acids is 4. The monoisotopic (exact) mass is 357 g/mol. The summed E-state index contributed by atoms with van der Waals surface area (Å²) in [5.41, 5.74) is -0.968. The average molecular weight is 357 g/mol. The highest BCUT2D eigenvalue weighted by atomic mass is 16.6. The lowest BCUT2D eigenvalue weighted by Crippen LogP contribution is -2.51. The zero-order chi connectivity index (χ0) is 19.8. The zero-order valence-corrected chi connectivity index (χ0v) is 15.5. The summed E-state index contributed by atoms with van der Waals surface area (Å²) >= 11 is 0. The highest BCUT2D eigenvalue weighted by Crippen LogP contribution is 2.09. The Kier molecular flexibility index (Phi) is 8.66. The van der Waals surface area contributed by atoms with Crippen LogP contribution < -0.4 is 16.0 Å². The maximum atomic E-state index is 12.3. The van der Waals surface area contributed by atoms with Crippen LogP contribution in [0, 0.1) is 5.92 Å². The molecule has 1 unspecified atom stereocenters. The van der Waals surface area contributed by atoms with E-state index >= 15 is 0 Å². The fourth-order valence-corrected chi connectivity index (χ4v) is 1.58. The molecule has 0 fully saturated rings. The summed E-state index contributed by atoms with van der Waals surface area (Å²) in [5.74, 6) is -2.27. The van der Waals surface area contributed by atoms with Crippen LogP contribution in [0.4, 0.5) is 4.79 Å². The van der Waals surface area contributed by atoms with Crippen molar-refractivity contribution >= 4 is 23.9 Å². The molecule has 0 aromatic carbocycles. The molecule has 0 aliphatic rings. The van der Waals surface area contributed by atoms with E-state index in [0.717, 1.165) is 0 Å². The Hall–Kier alpha value is -2.58. The quantitative estimate of drug-likeness (QED) is 0.449. The molecule has 0 radical (unpaired) electrons. The van der Waals surface area contributed by atoms with E-state index in [9.17, 15) is 19.2 Å². The van der Waals surface area contributed by atoms with Crippen molar-refractivity contribution in [1.29, 1.82) is 0 Å².